The Balaban J connectivity index is 1.38. The summed E-state index contributed by atoms with van der Waals surface area (Å²) in [5.74, 6) is -0.598. The average molecular weight is 470 g/mol. The number of anilines is 1. The number of sulfonamides is 1. The molecule has 4 rings (SSSR count). The molecule has 7 nitrogen and oxygen atoms in total. The predicted octanol–water partition coefficient (Wildman–Crippen LogP) is 3.66. The third kappa shape index (κ3) is 5.45. The van der Waals surface area contributed by atoms with Gasteiger partial charge in [-0.05, 0) is 75.4 Å². The number of rotatable bonds is 5. The van der Waals surface area contributed by atoms with Crippen molar-refractivity contribution in [2.75, 3.05) is 31.5 Å². The van der Waals surface area contributed by atoms with Gasteiger partial charge in [-0.1, -0.05) is 17.7 Å². The highest BCUT2D eigenvalue weighted by atomic mass is 32.2. The fraction of sp³-hybridized carbons (Fsp3) is 0.440. The van der Waals surface area contributed by atoms with E-state index in [9.17, 15) is 18.0 Å². The number of likely N-dealkylation sites (tertiary alicyclic amines) is 1. The van der Waals surface area contributed by atoms with E-state index >= 15 is 0 Å². The number of nitrogens with zero attached hydrogens (tertiary/aromatic N) is 2. The minimum Gasteiger partial charge on any atom is -0.339 e. The largest absolute Gasteiger partial charge is 0.339 e. The van der Waals surface area contributed by atoms with Gasteiger partial charge in [-0.2, -0.15) is 4.31 Å². The van der Waals surface area contributed by atoms with Crippen molar-refractivity contribution in [2.24, 2.45) is 5.92 Å². The second-order valence-corrected chi connectivity index (χ2v) is 10.9. The zero-order valence-corrected chi connectivity index (χ0v) is 19.8. The molecule has 0 spiro atoms. The van der Waals surface area contributed by atoms with Gasteiger partial charge in [0.25, 0.3) is 5.91 Å². The van der Waals surface area contributed by atoms with Gasteiger partial charge in [0.2, 0.25) is 15.9 Å². The summed E-state index contributed by atoms with van der Waals surface area (Å²) in [6.45, 7) is 4.07. The molecule has 1 N–H and O–H groups in total. The van der Waals surface area contributed by atoms with Crippen LogP contribution in [0.3, 0.4) is 0 Å². The molecule has 8 heteroatoms. The van der Waals surface area contributed by atoms with Crippen LogP contribution in [0.2, 0.25) is 0 Å². The molecule has 33 heavy (non-hydrogen) atoms. The van der Waals surface area contributed by atoms with Crippen molar-refractivity contribution in [1.82, 2.24) is 9.21 Å². The van der Waals surface area contributed by atoms with Crippen LogP contribution < -0.4 is 5.32 Å². The lowest BCUT2D eigenvalue weighted by Crippen LogP contribution is -2.43. The van der Waals surface area contributed by atoms with E-state index in [-0.39, 0.29) is 23.3 Å². The number of amides is 2. The summed E-state index contributed by atoms with van der Waals surface area (Å²) in [5.41, 5.74) is 2.21. The molecule has 2 aliphatic rings. The first-order chi connectivity index (χ1) is 15.8. The summed E-state index contributed by atoms with van der Waals surface area (Å²) in [4.78, 5) is 27.6. The Morgan fingerprint density at radius 1 is 0.879 bits per heavy atom. The first-order valence-electron chi connectivity index (χ1n) is 11.6. The highest BCUT2D eigenvalue weighted by Crippen LogP contribution is 2.25. The average Bonchev–Trinajstić information content (AvgIpc) is 2.85. The summed E-state index contributed by atoms with van der Waals surface area (Å²) in [6, 6.07) is 13.7. The quantitative estimate of drug-likeness (QED) is 0.724. The molecule has 0 unspecified atom stereocenters. The lowest BCUT2D eigenvalue weighted by molar-refractivity contribution is -0.120. The monoisotopic (exact) mass is 469 g/mol. The van der Waals surface area contributed by atoms with Crippen molar-refractivity contribution < 1.29 is 18.0 Å². The van der Waals surface area contributed by atoms with E-state index in [1.54, 1.807) is 48.5 Å². The van der Waals surface area contributed by atoms with Gasteiger partial charge in [-0.25, -0.2) is 8.42 Å². The Morgan fingerprint density at radius 2 is 1.55 bits per heavy atom. The van der Waals surface area contributed by atoms with Crippen molar-refractivity contribution in [3.8, 4) is 0 Å². The number of aryl methyl sites for hydroxylation is 1. The number of benzene rings is 2. The van der Waals surface area contributed by atoms with Gasteiger partial charge in [0, 0.05) is 37.4 Å². The van der Waals surface area contributed by atoms with Gasteiger partial charge in [0.15, 0.2) is 0 Å². The maximum atomic E-state index is 13.0. The van der Waals surface area contributed by atoms with E-state index in [4.69, 9.17) is 0 Å². The molecule has 2 fully saturated rings. The molecule has 0 aliphatic carbocycles. The van der Waals surface area contributed by atoms with Crippen LogP contribution in [-0.4, -0.2) is 55.6 Å². The zero-order valence-electron chi connectivity index (χ0n) is 19.0. The lowest BCUT2D eigenvalue weighted by atomic mass is 9.98. The van der Waals surface area contributed by atoms with Crippen LogP contribution in [0.25, 0.3) is 0 Å². The second kappa shape index (κ2) is 10.1. The van der Waals surface area contributed by atoms with E-state index in [1.807, 2.05) is 11.8 Å². The maximum absolute atomic E-state index is 13.0. The molecule has 2 aliphatic heterocycles. The third-order valence-electron chi connectivity index (χ3n) is 6.46. The molecular formula is C25H31N3O4S. The molecule has 1 atom stereocenters. The summed E-state index contributed by atoms with van der Waals surface area (Å²) in [5, 5.41) is 2.89. The Kier molecular flexibility index (Phi) is 7.14. The molecule has 0 bridgehead atoms. The van der Waals surface area contributed by atoms with Crippen molar-refractivity contribution in [3.63, 3.8) is 0 Å². The standard InChI is InChI=1S/C25H31N3O4S/c1-19-7-13-23(14-8-19)33(31,32)28-17-5-6-21(18-28)24(29)26-22-11-9-20(10-12-22)25(30)27-15-3-2-4-16-27/h7-14,21H,2-6,15-18H2,1H3,(H,26,29)/t21-/m1/s1. The first kappa shape index (κ1) is 23.4. The van der Waals surface area contributed by atoms with Gasteiger partial charge < -0.3 is 10.2 Å². The molecule has 2 amide bonds. The number of carbonyl (C=O) groups is 2. The van der Waals surface area contributed by atoms with E-state index in [0.29, 0.717) is 30.6 Å². The second-order valence-electron chi connectivity index (χ2n) is 8.93. The Labute approximate surface area is 195 Å². The Morgan fingerprint density at radius 3 is 2.21 bits per heavy atom. The lowest BCUT2D eigenvalue weighted by Gasteiger charge is -2.31. The molecular weight excluding hydrogens is 438 g/mol. The molecule has 2 aromatic rings. The fourth-order valence-corrected chi connectivity index (χ4v) is 5.98. The van der Waals surface area contributed by atoms with Crippen LogP contribution in [0.4, 0.5) is 5.69 Å². The summed E-state index contributed by atoms with van der Waals surface area (Å²) in [7, 11) is -3.63. The van der Waals surface area contributed by atoms with Crippen LogP contribution in [0.15, 0.2) is 53.4 Å². The van der Waals surface area contributed by atoms with Crippen LogP contribution in [0.1, 0.15) is 48.0 Å². The molecule has 2 heterocycles. The summed E-state index contributed by atoms with van der Waals surface area (Å²) >= 11 is 0. The smallest absolute Gasteiger partial charge is 0.253 e. The van der Waals surface area contributed by atoms with E-state index in [2.05, 4.69) is 5.32 Å². The van der Waals surface area contributed by atoms with Crippen molar-refractivity contribution in [2.45, 2.75) is 43.9 Å². The number of nitrogens with one attached hydrogen (secondary N) is 1. The first-order valence-corrected chi connectivity index (χ1v) is 13.1. The van der Waals surface area contributed by atoms with E-state index in [0.717, 1.165) is 31.5 Å². The summed E-state index contributed by atoms with van der Waals surface area (Å²) in [6.07, 6.45) is 4.51. The molecule has 2 aromatic carbocycles. The van der Waals surface area contributed by atoms with Gasteiger partial charge >= 0.3 is 0 Å². The van der Waals surface area contributed by atoms with E-state index in [1.165, 1.54) is 10.7 Å². The molecule has 2 saturated heterocycles. The topological polar surface area (TPSA) is 86.8 Å². The summed E-state index contributed by atoms with van der Waals surface area (Å²) < 4.78 is 27.4. The Bertz CT molecular complexity index is 1090. The SMILES string of the molecule is Cc1ccc(S(=O)(=O)N2CCC[C@@H](C(=O)Nc3ccc(C(=O)N4CCCCC4)cc3)C2)cc1. The Hall–Kier alpha value is -2.71. The zero-order chi connectivity index (χ0) is 23.4. The number of hydrogen-bond acceptors (Lipinski definition) is 4. The fourth-order valence-electron chi connectivity index (χ4n) is 4.45. The van der Waals surface area contributed by atoms with Gasteiger partial charge in [-0.15, -0.1) is 0 Å². The van der Waals surface area contributed by atoms with Crippen LogP contribution >= 0.6 is 0 Å². The highest BCUT2D eigenvalue weighted by Gasteiger charge is 2.33. The molecule has 0 aromatic heterocycles. The minimum atomic E-state index is -3.63. The number of carbonyl (C=O) groups excluding carboxylic acids is 2. The highest BCUT2D eigenvalue weighted by molar-refractivity contribution is 7.89. The van der Waals surface area contributed by atoms with Gasteiger partial charge in [0.05, 0.1) is 10.8 Å². The van der Waals surface area contributed by atoms with Crippen LogP contribution in [0, 0.1) is 12.8 Å². The van der Waals surface area contributed by atoms with Gasteiger partial charge in [0.1, 0.15) is 0 Å². The van der Waals surface area contributed by atoms with Crippen molar-refractivity contribution >= 4 is 27.5 Å². The molecule has 176 valence electrons. The molecule has 0 radical (unpaired) electrons. The number of piperidine rings is 2. The normalized spacial score (nSPS) is 19.8. The van der Waals surface area contributed by atoms with Crippen LogP contribution in [0.5, 0.6) is 0 Å². The predicted molar refractivity (Wildman–Crippen MR) is 127 cm³/mol. The van der Waals surface area contributed by atoms with Crippen LogP contribution in [-0.2, 0) is 14.8 Å². The number of hydrogen-bond donors (Lipinski definition) is 1. The molecule has 0 saturated carbocycles. The van der Waals surface area contributed by atoms with Crippen molar-refractivity contribution in [1.29, 1.82) is 0 Å². The third-order valence-corrected chi connectivity index (χ3v) is 8.34. The van der Waals surface area contributed by atoms with Gasteiger partial charge in [-0.3, -0.25) is 9.59 Å². The van der Waals surface area contributed by atoms with E-state index < -0.39 is 15.9 Å². The van der Waals surface area contributed by atoms with Crippen molar-refractivity contribution in [3.05, 3.63) is 59.7 Å². The minimum absolute atomic E-state index is 0.0248. The maximum Gasteiger partial charge on any atom is 0.253 e.